The molecule has 0 N–H and O–H groups in total. The van der Waals surface area contributed by atoms with E-state index in [-0.39, 0.29) is 22.5 Å². The van der Waals surface area contributed by atoms with Gasteiger partial charge >= 0.3 is 12.4 Å². The predicted octanol–water partition coefficient (Wildman–Crippen LogP) is 16.3. The number of halogens is 6. The summed E-state index contributed by atoms with van der Waals surface area (Å²) < 4.78 is 96.6. The molecule has 2 nitrogen and oxygen atoms in total. The van der Waals surface area contributed by atoms with Crippen LogP contribution >= 0.6 is 0 Å². The smallest absolute Gasteiger partial charge is 0.308 e. The molecule has 0 fully saturated rings. The van der Waals surface area contributed by atoms with Gasteiger partial charge in [0.2, 0.25) is 0 Å². The maximum absolute atomic E-state index is 16.0. The van der Waals surface area contributed by atoms with Gasteiger partial charge in [0, 0.05) is 27.1 Å². The molecular formula is C62H40F6N2. The van der Waals surface area contributed by atoms with E-state index in [0.717, 1.165) is 89.6 Å². The average molecular weight is 927 g/mol. The standard InChI is InChI=1S/C62H40F6N2/c63-61(64,65)48-23-13-22-47(32-48)60-58(69-54-33-43(39-14-5-1-6-15-39)24-28-50(54)51-29-25-44(34-55(51)69)40-16-7-2-8-17-40)37-49(62(66,67)68)38-59(60)70-56-35-45(41-18-9-3-10-19-41)26-30-52(56)53-31-27-46(36-57(53)70)42-20-11-4-12-21-42/h1-18,20,22-38H,19,21H2. The predicted molar refractivity (Wildman–Crippen MR) is 273 cm³/mol. The van der Waals surface area contributed by atoms with Crippen LogP contribution < -0.4 is 10.4 Å². The molecule has 340 valence electrons. The molecule has 0 saturated carbocycles. The van der Waals surface area contributed by atoms with Crippen LogP contribution in [0.5, 0.6) is 0 Å². The number of nitrogens with zero attached hydrogens (tertiary/aromatic N) is 2. The molecule has 2 heterocycles. The van der Waals surface area contributed by atoms with Crippen molar-refractivity contribution >= 4 is 54.8 Å². The summed E-state index contributed by atoms with van der Waals surface area (Å²) in [7, 11) is 0. The van der Waals surface area contributed by atoms with Gasteiger partial charge in [0.25, 0.3) is 0 Å². The van der Waals surface area contributed by atoms with Crippen LogP contribution in [0.3, 0.4) is 0 Å². The Morgan fingerprint density at radius 2 is 0.771 bits per heavy atom. The summed E-state index contributed by atoms with van der Waals surface area (Å²) in [6.07, 6.45) is 7.68. The van der Waals surface area contributed by atoms with Crippen molar-refractivity contribution in [2.75, 3.05) is 0 Å². The second-order valence-electron chi connectivity index (χ2n) is 17.8. The van der Waals surface area contributed by atoms with Gasteiger partial charge in [0.15, 0.2) is 0 Å². The van der Waals surface area contributed by atoms with Gasteiger partial charge < -0.3 is 9.13 Å². The van der Waals surface area contributed by atoms with Crippen LogP contribution in [0.4, 0.5) is 26.3 Å². The number of hydrogen-bond acceptors (Lipinski definition) is 0. The molecule has 0 bridgehead atoms. The molecule has 0 unspecified atom stereocenters. The maximum atomic E-state index is 16.0. The third-order valence-corrected chi connectivity index (χ3v) is 13.6. The van der Waals surface area contributed by atoms with Crippen molar-refractivity contribution in [2.45, 2.75) is 25.2 Å². The van der Waals surface area contributed by atoms with E-state index in [1.165, 1.54) is 6.07 Å². The Bertz CT molecular complexity index is 3810. The van der Waals surface area contributed by atoms with Crippen LogP contribution in [0.25, 0.3) is 99.5 Å². The van der Waals surface area contributed by atoms with E-state index >= 15 is 13.2 Å². The molecule has 0 atom stereocenters. The number of alkyl halides is 6. The highest BCUT2D eigenvalue weighted by Crippen LogP contribution is 2.47. The van der Waals surface area contributed by atoms with Crippen molar-refractivity contribution < 1.29 is 26.3 Å². The molecule has 0 spiro atoms. The van der Waals surface area contributed by atoms with Crippen molar-refractivity contribution in [1.82, 2.24) is 9.13 Å². The number of aromatic nitrogens is 2. The van der Waals surface area contributed by atoms with Gasteiger partial charge in [0.1, 0.15) is 0 Å². The van der Waals surface area contributed by atoms with E-state index in [2.05, 4.69) is 0 Å². The Hall–Kier alpha value is -8.36. The van der Waals surface area contributed by atoms with E-state index < -0.39 is 23.5 Å². The molecule has 70 heavy (non-hydrogen) atoms. The fourth-order valence-electron chi connectivity index (χ4n) is 10.3. The number of allylic oxidation sites excluding steroid dienone is 8. The number of benzene rings is 8. The summed E-state index contributed by atoms with van der Waals surface area (Å²) in [5.74, 6) is 0. The molecule has 2 aliphatic rings. The first-order valence-corrected chi connectivity index (χ1v) is 23.1. The van der Waals surface area contributed by atoms with Gasteiger partial charge in [-0.15, -0.1) is 0 Å². The number of rotatable bonds is 5. The van der Waals surface area contributed by atoms with Crippen molar-refractivity contribution in [3.05, 3.63) is 240 Å². The van der Waals surface area contributed by atoms with Gasteiger partial charge in [-0.1, -0.05) is 170 Å². The van der Waals surface area contributed by atoms with E-state index in [9.17, 15) is 13.2 Å². The molecule has 0 radical (unpaired) electrons. The van der Waals surface area contributed by atoms with Crippen molar-refractivity contribution in [2.24, 2.45) is 0 Å². The maximum Gasteiger partial charge on any atom is 0.416 e. The van der Waals surface area contributed by atoms with E-state index in [0.29, 0.717) is 34.9 Å². The second-order valence-corrected chi connectivity index (χ2v) is 17.8. The molecule has 0 saturated heterocycles. The minimum absolute atomic E-state index is 0.0753. The zero-order valence-corrected chi connectivity index (χ0v) is 37.4. The fourth-order valence-corrected chi connectivity index (χ4v) is 10.3. The molecule has 8 aromatic carbocycles. The van der Waals surface area contributed by atoms with Crippen LogP contribution in [0, 0.1) is 0 Å². The van der Waals surface area contributed by atoms with Crippen LogP contribution in [0.1, 0.15) is 24.0 Å². The van der Waals surface area contributed by atoms with Gasteiger partial charge in [-0.05, 0) is 111 Å². The minimum atomic E-state index is -4.88. The van der Waals surface area contributed by atoms with Crippen molar-refractivity contribution in [3.63, 3.8) is 0 Å². The highest BCUT2D eigenvalue weighted by molar-refractivity contribution is 6.13. The first kappa shape index (κ1) is 43.0. The minimum Gasteiger partial charge on any atom is -0.308 e. The Morgan fingerprint density at radius 3 is 1.20 bits per heavy atom. The lowest BCUT2D eigenvalue weighted by Gasteiger charge is -2.23. The second kappa shape index (κ2) is 16.7. The average Bonchev–Trinajstić information content (AvgIpc) is 3.90. The Labute approximate surface area is 398 Å². The summed E-state index contributed by atoms with van der Waals surface area (Å²) in [5, 5.41) is 4.88. The highest BCUT2D eigenvalue weighted by atomic mass is 19.4. The van der Waals surface area contributed by atoms with Gasteiger partial charge in [-0.2, -0.15) is 26.3 Å². The molecule has 0 aliphatic heterocycles. The molecule has 10 aromatic rings. The molecule has 2 aliphatic carbocycles. The number of hydrogen-bond donors (Lipinski definition) is 0. The summed E-state index contributed by atoms with van der Waals surface area (Å²) in [6.45, 7) is 0. The SMILES string of the molecule is FC(F)(F)c1cccc(-c2c(-n3c4cc(-c5ccccc5)ccc4c4ccc(-c5ccccc5)cc43)cc(C(F)(F)F)cc2-n2c3cc(=C4C=CC=CC4)ccc3c3ccc(=C4C=CC=CC4)cc32)c1. The molecule has 8 heteroatoms. The van der Waals surface area contributed by atoms with Crippen LogP contribution in [-0.4, -0.2) is 9.13 Å². The third-order valence-electron chi connectivity index (χ3n) is 13.6. The molecule has 12 rings (SSSR count). The van der Waals surface area contributed by atoms with Crippen molar-refractivity contribution in [1.29, 1.82) is 0 Å². The lowest BCUT2D eigenvalue weighted by molar-refractivity contribution is -0.138. The van der Waals surface area contributed by atoms with Gasteiger partial charge in [-0.3, -0.25) is 0 Å². The lowest BCUT2D eigenvalue weighted by Crippen LogP contribution is -2.13. The first-order chi connectivity index (χ1) is 34.0. The Balaban J connectivity index is 1.30. The fraction of sp³-hybridized carbons (Fsp3) is 0.0645. The largest absolute Gasteiger partial charge is 0.416 e. The van der Waals surface area contributed by atoms with Gasteiger partial charge in [-0.25, -0.2) is 0 Å². The highest BCUT2D eigenvalue weighted by Gasteiger charge is 2.36. The van der Waals surface area contributed by atoms with Crippen LogP contribution in [-0.2, 0) is 12.4 Å². The quantitative estimate of drug-likeness (QED) is 0.152. The summed E-state index contributed by atoms with van der Waals surface area (Å²) >= 11 is 0. The molecular weight excluding hydrogens is 887 g/mol. The van der Waals surface area contributed by atoms with Crippen LogP contribution in [0.2, 0.25) is 0 Å². The topological polar surface area (TPSA) is 9.86 Å². The zero-order valence-electron chi connectivity index (χ0n) is 37.4. The summed E-state index contributed by atoms with van der Waals surface area (Å²) in [5.41, 5.74) is 6.48. The van der Waals surface area contributed by atoms with E-state index in [1.54, 1.807) is 6.07 Å². The monoisotopic (exact) mass is 926 g/mol. The Morgan fingerprint density at radius 1 is 0.343 bits per heavy atom. The Kier molecular flexibility index (Phi) is 10.2. The first-order valence-electron chi connectivity index (χ1n) is 23.1. The van der Waals surface area contributed by atoms with Gasteiger partial charge in [0.05, 0.1) is 44.6 Å². The van der Waals surface area contributed by atoms with E-state index in [1.807, 2.05) is 191 Å². The molecule has 0 amide bonds. The normalized spacial score (nSPS) is 15.6. The lowest BCUT2D eigenvalue weighted by atomic mass is 9.96. The summed E-state index contributed by atoms with van der Waals surface area (Å²) in [4.78, 5) is 0. The number of fused-ring (bicyclic) bond motifs is 6. The van der Waals surface area contributed by atoms with Crippen LogP contribution in [0.15, 0.2) is 218 Å². The zero-order chi connectivity index (χ0) is 47.7. The van der Waals surface area contributed by atoms with Crippen molar-refractivity contribution in [3.8, 4) is 44.8 Å². The molecule has 2 aromatic heterocycles. The summed E-state index contributed by atoms with van der Waals surface area (Å²) in [6, 6.07) is 50.5. The third kappa shape index (κ3) is 7.47. The van der Waals surface area contributed by atoms with E-state index in [4.69, 9.17) is 0 Å².